The summed E-state index contributed by atoms with van der Waals surface area (Å²) < 4.78 is 10.3. The van der Waals surface area contributed by atoms with E-state index in [4.69, 9.17) is 9.47 Å². The van der Waals surface area contributed by atoms with Crippen LogP contribution in [0.15, 0.2) is 54.7 Å². The number of aliphatic hydroxyl groups is 2. The van der Waals surface area contributed by atoms with Gasteiger partial charge in [-0.1, -0.05) is 0 Å². The molecule has 176 valence electrons. The first kappa shape index (κ1) is 24.4. The molecule has 0 saturated carbocycles. The molecule has 0 aliphatic heterocycles. The van der Waals surface area contributed by atoms with Crippen LogP contribution in [0.25, 0.3) is 6.08 Å². The van der Waals surface area contributed by atoms with Gasteiger partial charge >= 0.3 is 5.69 Å². The van der Waals surface area contributed by atoms with Gasteiger partial charge in [0.05, 0.1) is 32.4 Å². The first-order valence-electron chi connectivity index (χ1n) is 10.1. The zero-order valence-corrected chi connectivity index (χ0v) is 18.5. The van der Waals surface area contributed by atoms with Gasteiger partial charge in [0.2, 0.25) is 0 Å². The number of anilines is 2. The lowest BCUT2D eigenvalue weighted by molar-refractivity contribution is -0.385. The van der Waals surface area contributed by atoms with E-state index < -0.39 is 10.7 Å². The number of nitrogens with zero attached hydrogens (tertiary/aromatic N) is 2. The van der Waals surface area contributed by atoms with Crippen LogP contribution in [-0.4, -0.2) is 40.1 Å². The molecule has 0 bridgehead atoms. The second-order valence-electron chi connectivity index (χ2n) is 7.04. The van der Waals surface area contributed by atoms with Crippen molar-refractivity contribution in [3.8, 4) is 11.5 Å². The quantitative estimate of drug-likeness (QED) is 0.177. The van der Waals surface area contributed by atoms with Gasteiger partial charge in [0.25, 0.3) is 0 Å². The second kappa shape index (κ2) is 11.0. The van der Waals surface area contributed by atoms with E-state index in [2.05, 4.69) is 10.3 Å². The molecule has 0 amide bonds. The molecule has 0 aliphatic rings. The average molecular weight is 465 g/mol. The van der Waals surface area contributed by atoms with Gasteiger partial charge < -0.3 is 25.0 Å². The third-order valence-corrected chi connectivity index (χ3v) is 5.03. The number of ketones is 1. The monoisotopic (exact) mass is 465 g/mol. The Morgan fingerprint density at radius 3 is 2.53 bits per heavy atom. The molecule has 1 aromatic heterocycles. The van der Waals surface area contributed by atoms with Crippen molar-refractivity contribution in [3.05, 3.63) is 87.1 Å². The number of nitro groups is 1. The summed E-state index contributed by atoms with van der Waals surface area (Å²) in [7, 11) is 2.78. The van der Waals surface area contributed by atoms with Crippen molar-refractivity contribution in [1.29, 1.82) is 0 Å². The molecule has 0 radical (unpaired) electrons. The van der Waals surface area contributed by atoms with Crippen molar-refractivity contribution < 1.29 is 29.4 Å². The van der Waals surface area contributed by atoms with Crippen LogP contribution in [0, 0.1) is 10.1 Å². The van der Waals surface area contributed by atoms with Crippen molar-refractivity contribution in [3.63, 3.8) is 0 Å². The van der Waals surface area contributed by atoms with Gasteiger partial charge in [-0.15, -0.1) is 0 Å². The Bertz CT molecular complexity index is 1220. The van der Waals surface area contributed by atoms with Gasteiger partial charge in [-0.25, -0.2) is 4.98 Å². The predicted octanol–water partition coefficient (Wildman–Crippen LogP) is 3.63. The predicted molar refractivity (Wildman–Crippen MR) is 125 cm³/mol. The van der Waals surface area contributed by atoms with Crippen LogP contribution < -0.4 is 14.8 Å². The van der Waals surface area contributed by atoms with Gasteiger partial charge in [0, 0.05) is 40.7 Å². The highest BCUT2D eigenvalue weighted by molar-refractivity contribution is 6.07. The Labute approximate surface area is 195 Å². The highest BCUT2D eigenvalue weighted by atomic mass is 16.6. The number of benzene rings is 2. The van der Waals surface area contributed by atoms with Crippen molar-refractivity contribution in [2.75, 3.05) is 19.5 Å². The zero-order valence-electron chi connectivity index (χ0n) is 18.5. The number of methoxy groups -OCH3 is 2. The number of rotatable bonds is 10. The highest BCUT2D eigenvalue weighted by Crippen LogP contribution is 2.31. The minimum Gasteiger partial charge on any atom is -0.496 e. The molecule has 3 aromatic rings. The average Bonchev–Trinajstić information content (AvgIpc) is 2.86. The summed E-state index contributed by atoms with van der Waals surface area (Å²) in [5.41, 5.74) is 1.95. The molecule has 0 atom stereocenters. The summed E-state index contributed by atoms with van der Waals surface area (Å²) in [6, 6.07) is 10.8. The number of allylic oxidation sites excluding steroid dienone is 1. The van der Waals surface area contributed by atoms with E-state index >= 15 is 0 Å². The van der Waals surface area contributed by atoms with Gasteiger partial charge in [0.15, 0.2) is 11.5 Å². The SMILES string of the molecule is COc1ccc(C(=O)/C=C/c2cccnc2Nc2cc(CO)c(CO)c(OC)c2)cc1[N+](=O)[O-]. The first-order chi connectivity index (χ1) is 16.4. The Morgan fingerprint density at radius 1 is 1.12 bits per heavy atom. The summed E-state index contributed by atoms with van der Waals surface area (Å²) in [6.07, 6.45) is 4.41. The summed E-state index contributed by atoms with van der Waals surface area (Å²) in [4.78, 5) is 27.6. The third kappa shape index (κ3) is 5.37. The number of nitro benzene ring substituents is 1. The molecular formula is C24H23N3O7. The highest BCUT2D eigenvalue weighted by Gasteiger charge is 2.17. The van der Waals surface area contributed by atoms with Crippen molar-refractivity contribution in [2.45, 2.75) is 13.2 Å². The molecule has 3 N–H and O–H groups in total. The number of hydrogen-bond donors (Lipinski definition) is 3. The van der Waals surface area contributed by atoms with Crippen LogP contribution in [0.4, 0.5) is 17.2 Å². The number of pyridine rings is 1. The summed E-state index contributed by atoms with van der Waals surface area (Å²) >= 11 is 0. The van der Waals surface area contributed by atoms with Crippen LogP contribution in [-0.2, 0) is 13.2 Å². The number of carbonyl (C=O) groups excluding carboxylic acids is 1. The van der Waals surface area contributed by atoms with Crippen molar-refractivity contribution >= 4 is 29.1 Å². The molecule has 10 heteroatoms. The molecular weight excluding hydrogens is 442 g/mol. The lowest BCUT2D eigenvalue weighted by Gasteiger charge is -2.15. The fourth-order valence-corrected chi connectivity index (χ4v) is 3.32. The molecule has 0 unspecified atom stereocenters. The van der Waals surface area contributed by atoms with Gasteiger partial charge in [0.1, 0.15) is 11.6 Å². The van der Waals surface area contributed by atoms with Crippen LogP contribution in [0.5, 0.6) is 11.5 Å². The molecule has 34 heavy (non-hydrogen) atoms. The molecule has 2 aromatic carbocycles. The zero-order chi connectivity index (χ0) is 24.7. The topological polar surface area (TPSA) is 144 Å². The maximum absolute atomic E-state index is 12.6. The van der Waals surface area contributed by atoms with Crippen LogP contribution >= 0.6 is 0 Å². The number of ether oxygens (including phenoxy) is 2. The van der Waals surface area contributed by atoms with E-state index in [1.165, 1.54) is 38.5 Å². The van der Waals surface area contributed by atoms with Gasteiger partial charge in [-0.2, -0.15) is 0 Å². The van der Waals surface area contributed by atoms with Crippen molar-refractivity contribution in [1.82, 2.24) is 4.98 Å². The standard InChI is InChI=1S/C24H23N3O7/c1-33-22-8-6-16(11-20(22)27(31)32)21(30)7-5-15-4-3-9-25-24(15)26-18-10-17(13-28)19(14-29)23(12-18)34-2/h3-12,28-29H,13-14H2,1-2H3,(H,25,26)/b7-5+. The summed E-state index contributed by atoms with van der Waals surface area (Å²) in [6.45, 7) is -0.582. The molecule has 3 rings (SSSR count). The number of aliphatic hydroxyl groups excluding tert-OH is 2. The lowest BCUT2D eigenvalue weighted by Crippen LogP contribution is -2.03. The Morgan fingerprint density at radius 2 is 1.88 bits per heavy atom. The Balaban J connectivity index is 1.89. The van der Waals surface area contributed by atoms with E-state index in [0.29, 0.717) is 33.9 Å². The van der Waals surface area contributed by atoms with E-state index in [-0.39, 0.29) is 30.2 Å². The largest absolute Gasteiger partial charge is 0.496 e. The molecule has 10 nitrogen and oxygen atoms in total. The van der Waals surface area contributed by atoms with E-state index in [1.54, 1.807) is 36.5 Å². The van der Waals surface area contributed by atoms with Gasteiger partial charge in [-0.3, -0.25) is 14.9 Å². The van der Waals surface area contributed by atoms with E-state index in [9.17, 15) is 25.1 Å². The maximum atomic E-state index is 12.6. The molecule has 0 fully saturated rings. The smallest absolute Gasteiger partial charge is 0.311 e. The summed E-state index contributed by atoms with van der Waals surface area (Å²) in [5.74, 6) is 0.460. The molecule has 1 heterocycles. The fourth-order valence-electron chi connectivity index (χ4n) is 3.32. The third-order valence-electron chi connectivity index (χ3n) is 5.03. The second-order valence-corrected chi connectivity index (χ2v) is 7.04. The van der Waals surface area contributed by atoms with Gasteiger partial charge in [-0.05, 0) is 48.0 Å². The number of aromatic nitrogens is 1. The summed E-state index contributed by atoms with van der Waals surface area (Å²) in [5, 5.41) is 33.6. The Kier molecular flexibility index (Phi) is 7.91. The lowest BCUT2D eigenvalue weighted by atomic mass is 10.1. The number of hydrogen-bond acceptors (Lipinski definition) is 9. The van der Waals surface area contributed by atoms with Crippen LogP contribution in [0.3, 0.4) is 0 Å². The molecule has 0 saturated heterocycles. The first-order valence-corrected chi connectivity index (χ1v) is 10.1. The van der Waals surface area contributed by atoms with E-state index in [0.717, 1.165) is 0 Å². The molecule has 0 aliphatic carbocycles. The molecule has 0 spiro atoms. The fraction of sp³-hybridized carbons (Fsp3) is 0.167. The van der Waals surface area contributed by atoms with E-state index in [1.807, 2.05) is 0 Å². The minimum atomic E-state index is -0.612. The number of nitrogens with one attached hydrogen (secondary N) is 1. The van der Waals surface area contributed by atoms with Crippen LogP contribution in [0.1, 0.15) is 27.0 Å². The van der Waals surface area contributed by atoms with Crippen molar-refractivity contribution in [2.24, 2.45) is 0 Å². The maximum Gasteiger partial charge on any atom is 0.311 e. The van der Waals surface area contributed by atoms with Crippen LogP contribution in [0.2, 0.25) is 0 Å². The minimum absolute atomic E-state index is 0.0640. The normalized spacial score (nSPS) is 10.8. The Hall–Kier alpha value is -4.28. The number of carbonyl (C=O) groups is 1.